The molecule has 8 heteroatoms. The van der Waals surface area contributed by atoms with Crippen LogP contribution in [0.1, 0.15) is 40.3 Å². The van der Waals surface area contributed by atoms with Crippen LogP contribution in [0.15, 0.2) is 34.7 Å². The molecule has 0 spiro atoms. The number of ketones is 1. The van der Waals surface area contributed by atoms with Gasteiger partial charge in [-0.3, -0.25) is 4.79 Å². The molecule has 6 nitrogen and oxygen atoms in total. The van der Waals surface area contributed by atoms with Gasteiger partial charge in [0.1, 0.15) is 0 Å². The van der Waals surface area contributed by atoms with Gasteiger partial charge in [-0.1, -0.05) is 40.8 Å². The summed E-state index contributed by atoms with van der Waals surface area (Å²) in [5, 5.41) is 12.3. The number of methoxy groups -OCH3 is 1. The number of thioether (sulfide) groups is 1. The van der Waals surface area contributed by atoms with Gasteiger partial charge in [-0.05, 0) is 45.9 Å². The molecule has 0 saturated carbocycles. The number of nitrogens with zero attached hydrogens (tertiary/aromatic N) is 3. The third-order valence-corrected chi connectivity index (χ3v) is 6.64. The molecule has 0 radical (unpaired) electrons. The summed E-state index contributed by atoms with van der Waals surface area (Å²) in [6.45, 7) is 8.77. The van der Waals surface area contributed by atoms with Crippen molar-refractivity contribution in [1.29, 1.82) is 0 Å². The standard InChI is InChI=1S/C21H26N4O2S2/c1-13-6-8-17(9-7-13)22-20-23-24-21(29-20)28-12-19(26)18-10-14(2)25(16(18)4)15(3)11-27-5/h6-10,15H,11-12H2,1-5H3,(H,22,23)/t15-/m0/s1. The first-order chi connectivity index (χ1) is 13.9. The Kier molecular flexibility index (Phi) is 7.10. The highest BCUT2D eigenvalue weighted by molar-refractivity contribution is 8.01. The fourth-order valence-corrected chi connectivity index (χ4v) is 4.99. The van der Waals surface area contributed by atoms with Crippen molar-refractivity contribution in [2.24, 2.45) is 0 Å². The van der Waals surface area contributed by atoms with Crippen LogP contribution >= 0.6 is 23.1 Å². The van der Waals surface area contributed by atoms with E-state index in [4.69, 9.17) is 4.74 Å². The molecular weight excluding hydrogens is 404 g/mol. The molecule has 1 atom stereocenters. The molecule has 0 aliphatic heterocycles. The number of hydrogen-bond donors (Lipinski definition) is 1. The summed E-state index contributed by atoms with van der Waals surface area (Å²) in [7, 11) is 1.69. The van der Waals surface area contributed by atoms with Crippen molar-refractivity contribution in [3.8, 4) is 0 Å². The Hall–Kier alpha value is -2.16. The van der Waals surface area contributed by atoms with Crippen molar-refractivity contribution in [3.05, 3.63) is 52.8 Å². The van der Waals surface area contributed by atoms with Crippen LogP contribution in [0.3, 0.4) is 0 Å². The second-order valence-corrected chi connectivity index (χ2v) is 9.24. The molecule has 0 unspecified atom stereocenters. The summed E-state index contributed by atoms with van der Waals surface area (Å²) in [6, 6.07) is 10.3. The number of benzene rings is 1. The number of hydrogen-bond acceptors (Lipinski definition) is 7. The topological polar surface area (TPSA) is 69.0 Å². The predicted octanol–water partition coefficient (Wildman–Crippen LogP) is 5.19. The number of Topliss-reactive ketones (excluding diaryl/α,β-unsaturated/α-hetero) is 1. The van der Waals surface area contributed by atoms with Crippen LogP contribution in [-0.4, -0.2) is 40.0 Å². The second kappa shape index (κ2) is 9.56. The van der Waals surface area contributed by atoms with Gasteiger partial charge in [0.15, 0.2) is 10.1 Å². The molecule has 0 amide bonds. The molecule has 1 N–H and O–H groups in total. The van der Waals surface area contributed by atoms with E-state index in [0.717, 1.165) is 32.1 Å². The van der Waals surface area contributed by atoms with E-state index in [1.54, 1.807) is 7.11 Å². The maximum Gasteiger partial charge on any atom is 0.210 e. The maximum atomic E-state index is 12.8. The van der Waals surface area contributed by atoms with Crippen LogP contribution in [0.2, 0.25) is 0 Å². The third-order valence-electron chi connectivity index (χ3n) is 4.67. The Morgan fingerprint density at radius 1 is 1.24 bits per heavy atom. The van der Waals surface area contributed by atoms with Gasteiger partial charge < -0.3 is 14.6 Å². The number of nitrogens with one attached hydrogen (secondary N) is 1. The van der Waals surface area contributed by atoms with Gasteiger partial charge in [0, 0.05) is 29.7 Å². The Labute approximate surface area is 179 Å². The lowest BCUT2D eigenvalue weighted by atomic mass is 10.2. The average Bonchev–Trinajstić information content (AvgIpc) is 3.25. The Morgan fingerprint density at radius 3 is 2.66 bits per heavy atom. The number of ether oxygens (including phenoxy) is 1. The molecule has 154 valence electrons. The highest BCUT2D eigenvalue weighted by Crippen LogP contribution is 2.29. The molecule has 3 rings (SSSR count). The van der Waals surface area contributed by atoms with E-state index in [-0.39, 0.29) is 11.8 Å². The highest BCUT2D eigenvalue weighted by Gasteiger charge is 2.19. The number of anilines is 2. The van der Waals surface area contributed by atoms with Gasteiger partial charge in [-0.2, -0.15) is 0 Å². The van der Waals surface area contributed by atoms with Gasteiger partial charge in [-0.15, -0.1) is 10.2 Å². The fraction of sp³-hybridized carbons (Fsp3) is 0.381. The van der Waals surface area contributed by atoms with E-state index in [1.165, 1.54) is 28.7 Å². The van der Waals surface area contributed by atoms with E-state index in [1.807, 2.05) is 44.2 Å². The molecule has 0 bridgehead atoms. The van der Waals surface area contributed by atoms with Gasteiger partial charge in [-0.25, -0.2) is 0 Å². The van der Waals surface area contributed by atoms with Crippen molar-refractivity contribution in [1.82, 2.24) is 14.8 Å². The van der Waals surface area contributed by atoms with E-state index in [2.05, 4.69) is 33.9 Å². The molecule has 2 heterocycles. The minimum Gasteiger partial charge on any atom is -0.383 e. The summed E-state index contributed by atoms with van der Waals surface area (Å²) in [4.78, 5) is 12.8. The van der Waals surface area contributed by atoms with Crippen molar-refractivity contribution in [3.63, 3.8) is 0 Å². The molecule has 3 aromatic rings. The molecule has 0 saturated heterocycles. The molecule has 29 heavy (non-hydrogen) atoms. The predicted molar refractivity (Wildman–Crippen MR) is 120 cm³/mol. The summed E-state index contributed by atoms with van der Waals surface area (Å²) >= 11 is 2.87. The van der Waals surface area contributed by atoms with Crippen molar-refractivity contribution in [2.75, 3.05) is 24.8 Å². The second-order valence-electron chi connectivity index (χ2n) is 7.04. The lowest BCUT2D eigenvalue weighted by Gasteiger charge is -2.17. The molecule has 0 aliphatic carbocycles. The van der Waals surface area contributed by atoms with Crippen LogP contribution in [0.4, 0.5) is 10.8 Å². The van der Waals surface area contributed by atoms with Crippen LogP contribution < -0.4 is 5.32 Å². The highest BCUT2D eigenvalue weighted by atomic mass is 32.2. The Morgan fingerprint density at radius 2 is 1.97 bits per heavy atom. The first-order valence-corrected chi connectivity index (χ1v) is 11.2. The number of carbonyl (C=O) groups is 1. The van der Waals surface area contributed by atoms with Crippen molar-refractivity contribution >= 4 is 39.7 Å². The van der Waals surface area contributed by atoms with Gasteiger partial charge in [0.25, 0.3) is 0 Å². The molecular formula is C21H26N4O2S2. The first-order valence-electron chi connectivity index (χ1n) is 9.39. The van der Waals surface area contributed by atoms with E-state index < -0.39 is 0 Å². The number of aryl methyl sites for hydroxylation is 2. The van der Waals surface area contributed by atoms with E-state index >= 15 is 0 Å². The molecule has 0 fully saturated rings. The summed E-state index contributed by atoms with van der Waals surface area (Å²) in [5.41, 5.74) is 4.99. The van der Waals surface area contributed by atoms with Crippen LogP contribution in [0.5, 0.6) is 0 Å². The number of aromatic nitrogens is 3. The zero-order chi connectivity index (χ0) is 21.0. The number of carbonyl (C=O) groups excluding carboxylic acids is 1. The average molecular weight is 431 g/mol. The smallest absolute Gasteiger partial charge is 0.210 e. The molecule has 2 aromatic heterocycles. The van der Waals surface area contributed by atoms with E-state index in [0.29, 0.717) is 12.4 Å². The number of rotatable bonds is 9. The maximum absolute atomic E-state index is 12.8. The minimum absolute atomic E-state index is 0.0993. The van der Waals surface area contributed by atoms with Crippen LogP contribution in [-0.2, 0) is 4.74 Å². The Bertz CT molecular complexity index is 979. The van der Waals surface area contributed by atoms with E-state index in [9.17, 15) is 4.79 Å². The van der Waals surface area contributed by atoms with Crippen LogP contribution in [0.25, 0.3) is 0 Å². The summed E-state index contributed by atoms with van der Waals surface area (Å²) in [6.07, 6.45) is 0. The van der Waals surface area contributed by atoms with Gasteiger partial charge in [0.05, 0.1) is 18.4 Å². The van der Waals surface area contributed by atoms with Crippen molar-refractivity contribution < 1.29 is 9.53 Å². The third kappa shape index (κ3) is 5.26. The Balaban J connectivity index is 1.62. The zero-order valence-corrected chi connectivity index (χ0v) is 19.0. The van der Waals surface area contributed by atoms with Gasteiger partial charge in [0.2, 0.25) is 5.13 Å². The first kappa shape index (κ1) is 21.5. The van der Waals surface area contributed by atoms with Crippen molar-refractivity contribution in [2.45, 2.75) is 38.1 Å². The van der Waals surface area contributed by atoms with Crippen LogP contribution in [0, 0.1) is 20.8 Å². The lowest BCUT2D eigenvalue weighted by molar-refractivity contribution is 0.102. The normalized spacial score (nSPS) is 12.2. The largest absolute Gasteiger partial charge is 0.383 e. The summed E-state index contributed by atoms with van der Waals surface area (Å²) in [5.74, 6) is 0.435. The molecule has 1 aromatic carbocycles. The van der Waals surface area contributed by atoms with Gasteiger partial charge >= 0.3 is 0 Å². The quantitative estimate of drug-likeness (QED) is 0.372. The molecule has 0 aliphatic rings. The lowest BCUT2D eigenvalue weighted by Crippen LogP contribution is -2.14. The monoisotopic (exact) mass is 430 g/mol. The fourth-order valence-electron chi connectivity index (χ4n) is 3.34. The SMILES string of the molecule is COC[C@H](C)n1c(C)cc(C(=O)CSc2nnc(Nc3ccc(C)cc3)s2)c1C. The minimum atomic E-state index is 0.0993. The summed E-state index contributed by atoms with van der Waals surface area (Å²) < 4.78 is 8.20. The zero-order valence-electron chi connectivity index (χ0n) is 17.4.